The number of hydrogen-bond acceptors (Lipinski definition) is 3. The first-order valence-electron chi connectivity index (χ1n) is 4.81. The van der Waals surface area contributed by atoms with Crippen LogP contribution >= 0.6 is 11.6 Å². The molecule has 2 heterocycles. The Morgan fingerprint density at radius 2 is 2.11 bits per heavy atom. The number of carboxylic acid groups (broad SMARTS) is 1. The highest BCUT2D eigenvalue weighted by atomic mass is 35.5. The van der Waals surface area contributed by atoms with E-state index in [4.69, 9.17) is 16.7 Å². The van der Waals surface area contributed by atoms with Gasteiger partial charge in [-0.2, -0.15) is 18.3 Å². The predicted molar refractivity (Wildman–Crippen MR) is 58.3 cm³/mol. The van der Waals surface area contributed by atoms with Gasteiger partial charge in [-0.25, -0.2) is 14.5 Å². The van der Waals surface area contributed by atoms with Gasteiger partial charge in [-0.1, -0.05) is 11.6 Å². The van der Waals surface area contributed by atoms with Crippen molar-refractivity contribution in [1.29, 1.82) is 0 Å². The molecule has 9 heteroatoms. The van der Waals surface area contributed by atoms with E-state index < -0.39 is 23.4 Å². The van der Waals surface area contributed by atoms with E-state index in [0.29, 0.717) is 10.9 Å². The summed E-state index contributed by atoms with van der Waals surface area (Å²) in [6, 6.07) is 2.76. The van der Waals surface area contributed by atoms with E-state index >= 15 is 0 Å². The van der Waals surface area contributed by atoms with Crippen LogP contribution in [-0.4, -0.2) is 25.8 Å². The summed E-state index contributed by atoms with van der Waals surface area (Å²) in [7, 11) is 0. The SMILES string of the molecule is O=C(O)c1cnn(-c2ncccc2Cl)c1C(F)(F)F. The lowest BCUT2D eigenvalue weighted by atomic mass is 10.2. The number of halogens is 4. The molecule has 5 nitrogen and oxygen atoms in total. The molecule has 0 aliphatic carbocycles. The first kappa shape index (κ1) is 13.3. The van der Waals surface area contributed by atoms with Gasteiger partial charge in [0.25, 0.3) is 0 Å². The summed E-state index contributed by atoms with van der Waals surface area (Å²) in [6.45, 7) is 0. The number of nitrogens with zero attached hydrogens (tertiary/aromatic N) is 3. The van der Waals surface area contributed by atoms with Gasteiger partial charge >= 0.3 is 12.1 Å². The summed E-state index contributed by atoms with van der Waals surface area (Å²) in [5, 5.41) is 12.1. The third-order valence-electron chi connectivity index (χ3n) is 2.21. The maximum atomic E-state index is 12.9. The molecule has 0 unspecified atom stereocenters. The number of hydrogen-bond donors (Lipinski definition) is 1. The van der Waals surface area contributed by atoms with Crippen LogP contribution in [0.5, 0.6) is 0 Å². The second kappa shape index (κ2) is 4.54. The van der Waals surface area contributed by atoms with Crippen molar-refractivity contribution in [3.05, 3.63) is 40.8 Å². The summed E-state index contributed by atoms with van der Waals surface area (Å²) in [6.07, 6.45) is -3.06. The van der Waals surface area contributed by atoms with Gasteiger partial charge in [0.05, 0.1) is 11.2 Å². The molecule has 0 amide bonds. The Balaban J connectivity index is 2.73. The molecule has 2 aromatic rings. The number of carbonyl (C=O) groups is 1. The minimum absolute atomic E-state index is 0.0759. The Bertz CT molecular complexity index is 639. The number of pyridine rings is 1. The molecule has 0 bridgehead atoms. The molecule has 0 saturated carbocycles. The van der Waals surface area contributed by atoms with Gasteiger partial charge in [-0.3, -0.25) is 0 Å². The van der Waals surface area contributed by atoms with Crippen molar-refractivity contribution < 1.29 is 23.1 Å². The molecule has 100 valence electrons. The minimum Gasteiger partial charge on any atom is -0.478 e. The van der Waals surface area contributed by atoms with E-state index in [0.717, 1.165) is 0 Å². The highest BCUT2D eigenvalue weighted by Crippen LogP contribution is 2.34. The fourth-order valence-corrected chi connectivity index (χ4v) is 1.67. The van der Waals surface area contributed by atoms with Crippen molar-refractivity contribution in [2.45, 2.75) is 6.18 Å². The predicted octanol–water partition coefficient (Wildman–Crippen LogP) is 2.64. The Morgan fingerprint density at radius 3 is 2.63 bits per heavy atom. The molecular formula is C10H5ClF3N3O2. The Labute approximate surface area is 109 Å². The summed E-state index contributed by atoms with van der Waals surface area (Å²) in [5.74, 6) is -2.02. The average Bonchev–Trinajstić information content (AvgIpc) is 2.73. The zero-order valence-electron chi connectivity index (χ0n) is 9.02. The maximum Gasteiger partial charge on any atom is 0.434 e. The van der Waals surface area contributed by atoms with Crippen molar-refractivity contribution >= 4 is 17.6 Å². The molecule has 0 radical (unpaired) electrons. The standard InChI is InChI=1S/C10H5ClF3N3O2/c11-6-2-1-3-15-8(6)17-7(10(12,13)14)5(4-16-17)9(18)19/h1-4H,(H,18,19). The summed E-state index contributed by atoms with van der Waals surface area (Å²) in [4.78, 5) is 14.5. The highest BCUT2D eigenvalue weighted by Gasteiger charge is 2.41. The van der Waals surface area contributed by atoms with E-state index in [-0.39, 0.29) is 10.8 Å². The van der Waals surface area contributed by atoms with Crippen LogP contribution in [0.15, 0.2) is 24.5 Å². The monoisotopic (exact) mass is 291 g/mol. The lowest BCUT2D eigenvalue weighted by Crippen LogP contribution is -2.18. The van der Waals surface area contributed by atoms with E-state index in [9.17, 15) is 18.0 Å². The largest absolute Gasteiger partial charge is 0.478 e. The van der Waals surface area contributed by atoms with Crippen LogP contribution in [0.3, 0.4) is 0 Å². The Kier molecular flexibility index (Phi) is 3.19. The Hall–Kier alpha value is -2.09. The molecule has 0 aliphatic rings. The van der Waals surface area contributed by atoms with Crippen LogP contribution < -0.4 is 0 Å². The maximum absolute atomic E-state index is 12.9. The van der Waals surface area contributed by atoms with Crippen LogP contribution in [0, 0.1) is 0 Å². The molecule has 19 heavy (non-hydrogen) atoms. The van der Waals surface area contributed by atoms with Crippen molar-refractivity contribution in [3.63, 3.8) is 0 Å². The zero-order chi connectivity index (χ0) is 14.2. The zero-order valence-corrected chi connectivity index (χ0v) is 9.77. The van der Waals surface area contributed by atoms with Crippen molar-refractivity contribution in [2.75, 3.05) is 0 Å². The van der Waals surface area contributed by atoms with Crippen molar-refractivity contribution in [1.82, 2.24) is 14.8 Å². The number of aromatic carboxylic acids is 1. The molecule has 2 rings (SSSR count). The minimum atomic E-state index is -4.90. The lowest BCUT2D eigenvalue weighted by molar-refractivity contribution is -0.143. The third kappa shape index (κ3) is 2.39. The van der Waals surface area contributed by atoms with E-state index in [1.165, 1.54) is 18.3 Å². The van der Waals surface area contributed by atoms with E-state index in [2.05, 4.69) is 10.1 Å². The molecule has 0 fully saturated rings. The second-order valence-corrected chi connectivity index (χ2v) is 3.84. The van der Waals surface area contributed by atoms with Gasteiger partial charge in [0, 0.05) is 6.20 Å². The first-order valence-corrected chi connectivity index (χ1v) is 5.19. The molecular weight excluding hydrogens is 287 g/mol. The topological polar surface area (TPSA) is 68.0 Å². The normalized spacial score (nSPS) is 11.6. The van der Waals surface area contributed by atoms with Crippen molar-refractivity contribution in [2.24, 2.45) is 0 Å². The summed E-state index contributed by atoms with van der Waals surface area (Å²) >= 11 is 5.73. The van der Waals surface area contributed by atoms with Crippen molar-refractivity contribution in [3.8, 4) is 5.82 Å². The number of alkyl halides is 3. The van der Waals surface area contributed by atoms with Crippen LogP contribution in [0.25, 0.3) is 5.82 Å². The fourth-order valence-electron chi connectivity index (χ4n) is 1.47. The number of carboxylic acids is 1. The Morgan fingerprint density at radius 1 is 1.42 bits per heavy atom. The first-order chi connectivity index (χ1) is 8.82. The van der Waals surface area contributed by atoms with Gasteiger partial charge in [0.2, 0.25) is 0 Å². The van der Waals surface area contributed by atoms with Crippen LogP contribution in [0.4, 0.5) is 13.2 Å². The second-order valence-electron chi connectivity index (χ2n) is 3.43. The van der Waals surface area contributed by atoms with E-state index in [1.54, 1.807) is 0 Å². The van der Waals surface area contributed by atoms with Crippen LogP contribution in [0.2, 0.25) is 5.02 Å². The van der Waals surface area contributed by atoms with Crippen LogP contribution in [0.1, 0.15) is 16.1 Å². The summed E-state index contributed by atoms with van der Waals surface area (Å²) < 4.78 is 39.1. The molecule has 0 aliphatic heterocycles. The highest BCUT2D eigenvalue weighted by molar-refractivity contribution is 6.32. The van der Waals surface area contributed by atoms with Gasteiger partial charge < -0.3 is 5.11 Å². The van der Waals surface area contributed by atoms with Gasteiger partial charge in [-0.05, 0) is 12.1 Å². The molecule has 0 spiro atoms. The molecule has 1 N–H and O–H groups in total. The molecule has 0 aromatic carbocycles. The quantitative estimate of drug-likeness (QED) is 0.923. The van der Waals surface area contributed by atoms with Gasteiger partial charge in [-0.15, -0.1) is 0 Å². The molecule has 2 aromatic heterocycles. The molecule has 0 saturated heterocycles. The number of aromatic nitrogens is 3. The summed E-state index contributed by atoms with van der Waals surface area (Å²) in [5.41, 5.74) is -2.39. The van der Waals surface area contributed by atoms with Crippen LogP contribution in [-0.2, 0) is 6.18 Å². The fraction of sp³-hybridized carbons (Fsp3) is 0.100. The third-order valence-corrected chi connectivity index (χ3v) is 2.50. The average molecular weight is 292 g/mol. The van der Waals surface area contributed by atoms with E-state index in [1.807, 2.05) is 0 Å². The molecule has 0 atom stereocenters. The van der Waals surface area contributed by atoms with Gasteiger partial charge in [0.15, 0.2) is 11.5 Å². The lowest BCUT2D eigenvalue weighted by Gasteiger charge is -2.11. The number of rotatable bonds is 2. The van der Waals surface area contributed by atoms with Gasteiger partial charge in [0.1, 0.15) is 5.56 Å². The smallest absolute Gasteiger partial charge is 0.434 e.